The number of hydrogen-bond acceptors (Lipinski definition) is 4. The van der Waals surface area contributed by atoms with Gasteiger partial charge in [-0.05, 0) is 60.3 Å². The van der Waals surface area contributed by atoms with Gasteiger partial charge in [-0.3, -0.25) is 19.4 Å². The smallest absolute Gasteiger partial charge is 0.299 e. The van der Waals surface area contributed by atoms with E-state index in [-0.39, 0.29) is 11.7 Å². The number of carbonyl (C=O) groups is 2. The summed E-state index contributed by atoms with van der Waals surface area (Å²) in [6, 6.07) is 16.9. The number of hydrogen-bond donors (Lipinski definition) is 0. The number of piperazine rings is 1. The van der Waals surface area contributed by atoms with Gasteiger partial charge in [-0.2, -0.15) is 0 Å². The molecule has 2 aromatic carbocycles. The van der Waals surface area contributed by atoms with Gasteiger partial charge in [0.25, 0.3) is 11.7 Å². The monoisotopic (exact) mass is 443 g/mol. The highest BCUT2D eigenvalue weighted by Crippen LogP contribution is 2.53. The molecule has 5 nitrogen and oxygen atoms in total. The van der Waals surface area contributed by atoms with Crippen LogP contribution in [0.15, 0.2) is 48.5 Å². The Kier molecular flexibility index (Phi) is 5.55. The first-order chi connectivity index (χ1) is 16.2. The summed E-state index contributed by atoms with van der Waals surface area (Å²) < 4.78 is 0. The second-order valence-electron chi connectivity index (χ2n) is 10.4. The van der Waals surface area contributed by atoms with E-state index in [2.05, 4.69) is 46.2 Å². The van der Waals surface area contributed by atoms with Gasteiger partial charge in [0, 0.05) is 45.8 Å². The molecule has 0 aromatic heterocycles. The van der Waals surface area contributed by atoms with Gasteiger partial charge in [0.15, 0.2) is 0 Å². The van der Waals surface area contributed by atoms with Crippen molar-refractivity contribution in [2.24, 2.45) is 11.8 Å². The molecule has 3 unspecified atom stereocenters. The Labute approximate surface area is 196 Å². The van der Waals surface area contributed by atoms with Crippen LogP contribution in [0.2, 0.25) is 0 Å². The van der Waals surface area contributed by atoms with Crippen LogP contribution in [0.1, 0.15) is 53.1 Å². The maximum absolute atomic E-state index is 12.8. The molecule has 6 rings (SSSR count). The van der Waals surface area contributed by atoms with Crippen LogP contribution in [-0.2, 0) is 11.3 Å². The number of nitrogens with zero attached hydrogens (tertiary/aromatic N) is 3. The van der Waals surface area contributed by atoms with Crippen molar-refractivity contribution in [3.8, 4) is 0 Å². The van der Waals surface area contributed by atoms with Gasteiger partial charge in [-0.1, -0.05) is 42.8 Å². The van der Waals surface area contributed by atoms with Crippen molar-refractivity contribution in [1.82, 2.24) is 9.80 Å². The summed E-state index contributed by atoms with van der Waals surface area (Å²) in [5.74, 6) is 1.56. The molecule has 2 saturated carbocycles. The van der Waals surface area contributed by atoms with Crippen molar-refractivity contribution in [3.05, 3.63) is 65.2 Å². The standard InChI is InChI=1S/C28H33N3O2/c32-27-25-18-23(24-17-21-6-7-22(24)16-21)8-9-26(25)31(28(27)33)15-14-29-10-12-30(13-11-29)19-20-4-2-1-3-5-20/h1-5,8-9,18,21-22,24H,6-7,10-17,19H2. The predicted molar refractivity (Wildman–Crippen MR) is 129 cm³/mol. The van der Waals surface area contributed by atoms with Crippen molar-refractivity contribution in [2.45, 2.75) is 38.1 Å². The fraction of sp³-hybridized carbons (Fsp3) is 0.500. The van der Waals surface area contributed by atoms with Gasteiger partial charge in [0.1, 0.15) is 0 Å². The summed E-state index contributed by atoms with van der Waals surface area (Å²) in [5, 5.41) is 0. The average molecular weight is 444 g/mol. The normalized spacial score (nSPS) is 27.5. The molecule has 5 heteroatoms. The molecular formula is C28H33N3O2. The number of anilines is 1. The third-order valence-electron chi connectivity index (χ3n) is 8.52. The first-order valence-electron chi connectivity index (χ1n) is 12.6. The largest absolute Gasteiger partial charge is 0.303 e. The van der Waals surface area contributed by atoms with Crippen molar-refractivity contribution < 1.29 is 9.59 Å². The zero-order chi connectivity index (χ0) is 22.4. The van der Waals surface area contributed by atoms with Crippen molar-refractivity contribution >= 4 is 17.4 Å². The summed E-state index contributed by atoms with van der Waals surface area (Å²) in [6.45, 7) is 6.45. The van der Waals surface area contributed by atoms with E-state index in [0.717, 1.165) is 56.8 Å². The second kappa shape index (κ2) is 8.69. The number of ketones is 1. The molecule has 2 bridgehead atoms. The highest BCUT2D eigenvalue weighted by Gasteiger charge is 2.42. The van der Waals surface area contributed by atoms with E-state index in [9.17, 15) is 9.59 Å². The minimum Gasteiger partial charge on any atom is -0.303 e. The highest BCUT2D eigenvalue weighted by molar-refractivity contribution is 6.52. The first kappa shape index (κ1) is 21.1. The third kappa shape index (κ3) is 4.02. The highest BCUT2D eigenvalue weighted by atomic mass is 16.2. The molecule has 2 aliphatic heterocycles. The van der Waals surface area contributed by atoms with E-state index >= 15 is 0 Å². The molecule has 0 spiro atoms. The fourth-order valence-electron chi connectivity index (χ4n) is 6.68. The van der Waals surface area contributed by atoms with E-state index in [1.165, 1.54) is 36.8 Å². The molecule has 3 atom stereocenters. The first-order valence-corrected chi connectivity index (χ1v) is 12.6. The second-order valence-corrected chi connectivity index (χ2v) is 10.4. The summed E-state index contributed by atoms with van der Waals surface area (Å²) in [7, 11) is 0. The van der Waals surface area contributed by atoms with Crippen LogP contribution in [0, 0.1) is 11.8 Å². The van der Waals surface area contributed by atoms with E-state index in [1.807, 2.05) is 12.1 Å². The quantitative estimate of drug-likeness (QED) is 0.635. The van der Waals surface area contributed by atoms with Gasteiger partial charge < -0.3 is 4.90 Å². The molecule has 2 aromatic rings. The van der Waals surface area contributed by atoms with E-state index in [4.69, 9.17) is 0 Å². The summed E-state index contributed by atoms with van der Waals surface area (Å²) in [6.07, 6.45) is 5.30. The lowest BCUT2D eigenvalue weighted by Gasteiger charge is -2.35. The topological polar surface area (TPSA) is 43.9 Å². The molecule has 33 heavy (non-hydrogen) atoms. The Morgan fingerprint density at radius 3 is 2.33 bits per heavy atom. The Morgan fingerprint density at radius 1 is 0.818 bits per heavy atom. The lowest BCUT2D eigenvalue weighted by molar-refractivity contribution is -0.114. The number of amides is 1. The molecule has 2 heterocycles. The van der Waals surface area contributed by atoms with Crippen molar-refractivity contribution in [1.29, 1.82) is 0 Å². The zero-order valence-electron chi connectivity index (χ0n) is 19.3. The van der Waals surface area contributed by atoms with Crippen molar-refractivity contribution in [2.75, 3.05) is 44.2 Å². The van der Waals surface area contributed by atoms with Gasteiger partial charge in [-0.25, -0.2) is 0 Å². The lowest BCUT2D eigenvalue weighted by Crippen LogP contribution is -2.48. The van der Waals surface area contributed by atoms with Gasteiger partial charge in [0.2, 0.25) is 0 Å². The predicted octanol–water partition coefficient (Wildman–Crippen LogP) is 3.94. The molecule has 172 valence electrons. The number of benzene rings is 2. The number of fused-ring (bicyclic) bond motifs is 3. The van der Waals surface area contributed by atoms with Crippen LogP contribution in [0.4, 0.5) is 5.69 Å². The Balaban J connectivity index is 1.06. The van der Waals surface area contributed by atoms with E-state index in [1.54, 1.807) is 4.90 Å². The zero-order valence-corrected chi connectivity index (χ0v) is 19.3. The van der Waals surface area contributed by atoms with Gasteiger partial charge in [0.05, 0.1) is 11.3 Å². The maximum Gasteiger partial charge on any atom is 0.299 e. The molecule has 3 fully saturated rings. The van der Waals surface area contributed by atoms with Crippen LogP contribution >= 0.6 is 0 Å². The third-order valence-corrected chi connectivity index (χ3v) is 8.52. The number of carbonyl (C=O) groups excluding carboxylic acids is 2. The molecule has 2 aliphatic carbocycles. The van der Waals surface area contributed by atoms with Crippen LogP contribution in [0.3, 0.4) is 0 Å². The van der Waals surface area contributed by atoms with Gasteiger partial charge >= 0.3 is 0 Å². The average Bonchev–Trinajstić information content (AvgIpc) is 3.54. The molecule has 4 aliphatic rings. The summed E-state index contributed by atoms with van der Waals surface area (Å²) >= 11 is 0. The fourth-order valence-corrected chi connectivity index (χ4v) is 6.68. The number of Topliss-reactive ketones (excluding diaryl/α,β-unsaturated/α-hetero) is 1. The minimum atomic E-state index is -0.349. The van der Waals surface area contributed by atoms with E-state index < -0.39 is 0 Å². The van der Waals surface area contributed by atoms with Crippen molar-refractivity contribution in [3.63, 3.8) is 0 Å². The Bertz CT molecular complexity index is 1040. The summed E-state index contributed by atoms with van der Waals surface area (Å²) in [5.41, 5.74) is 4.08. The lowest BCUT2D eigenvalue weighted by atomic mass is 9.83. The molecule has 1 saturated heterocycles. The molecule has 0 N–H and O–H groups in total. The molecular weight excluding hydrogens is 410 g/mol. The summed E-state index contributed by atoms with van der Waals surface area (Å²) in [4.78, 5) is 32.2. The van der Waals surface area contributed by atoms with Crippen LogP contribution in [0.25, 0.3) is 0 Å². The van der Waals surface area contributed by atoms with Gasteiger partial charge in [-0.15, -0.1) is 0 Å². The van der Waals surface area contributed by atoms with E-state index in [0.29, 0.717) is 18.0 Å². The Hall–Kier alpha value is -2.50. The molecule has 0 radical (unpaired) electrons. The van der Waals surface area contributed by atoms with Crippen LogP contribution < -0.4 is 4.90 Å². The number of rotatable bonds is 6. The van der Waals surface area contributed by atoms with Crippen LogP contribution in [-0.4, -0.2) is 60.8 Å². The van der Waals surface area contributed by atoms with Crippen LogP contribution in [0.5, 0.6) is 0 Å². The Morgan fingerprint density at radius 2 is 1.61 bits per heavy atom. The maximum atomic E-state index is 12.8. The SMILES string of the molecule is O=C1C(=O)N(CCN2CCN(Cc3ccccc3)CC2)c2ccc(C3CC4CCC3C4)cc21. The molecule has 1 amide bonds. The minimum absolute atomic E-state index is 0.317.